The molecule has 0 atom stereocenters. The van der Waals surface area contributed by atoms with Crippen molar-refractivity contribution in [3.63, 3.8) is 0 Å². The molecule has 0 bridgehead atoms. The number of nitrogens with one attached hydrogen (secondary N) is 1. The van der Waals surface area contributed by atoms with Crippen LogP contribution in [0.15, 0.2) is 18.2 Å². The molecule has 0 aromatic heterocycles. The maximum absolute atomic E-state index is 11.7. The Morgan fingerprint density at radius 1 is 1.30 bits per heavy atom. The van der Waals surface area contributed by atoms with Crippen LogP contribution in [0.3, 0.4) is 0 Å². The molecule has 0 spiro atoms. The Bertz CT molecular complexity index is 504. The zero-order valence-corrected chi connectivity index (χ0v) is 13.3. The number of hydrogen-bond acceptors (Lipinski definition) is 2. The minimum absolute atomic E-state index is 0.0723. The van der Waals surface area contributed by atoms with E-state index in [9.17, 15) is 9.59 Å². The zero-order chi connectivity index (χ0) is 15.3. The van der Waals surface area contributed by atoms with Gasteiger partial charge in [-0.1, -0.05) is 23.2 Å². The van der Waals surface area contributed by atoms with Gasteiger partial charge in [-0.15, -0.1) is 0 Å². The summed E-state index contributed by atoms with van der Waals surface area (Å²) in [4.78, 5) is 24.8. The van der Waals surface area contributed by atoms with Crippen LogP contribution >= 0.6 is 23.2 Å². The fraction of sp³-hybridized carbons (Fsp3) is 0.429. The minimum Gasteiger partial charge on any atom is -0.354 e. The van der Waals surface area contributed by atoms with E-state index in [1.165, 1.54) is 11.8 Å². The van der Waals surface area contributed by atoms with Crippen molar-refractivity contribution in [3.05, 3.63) is 28.2 Å². The lowest BCUT2D eigenvalue weighted by Crippen LogP contribution is -2.36. The van der Waals surface area contributed by atoms with Gasteiger partial charge in [0.1, 0.15) is 0 Å². The Hall–Kier alpha value is -1.26. The summed E-state index contributed by atoms with van der Waals surface area (Å²) in [5, 5.41) is 3.69. The number of amides is 2. The molecule has 2 amide bonds. The third kappa shape index (κ3) is 5.02. The maximum atomic E-state index is 11.7. The van der Waals surface area contributed by atoms with Gasteiger partial charge in [0.2, 0.25) is 11.8 Å². The van der Waals surface area contributed by atoms with E-state index < -0.39 is 0 Å². The monoisotopic (exact) mass is 316 g/mol. The van der Waals surface area contributed by atoms with Crippen LogP contribution in [0.25, 0.3) is 0 Å². The fourth-order valence-corrected chi connectivity index (χ4v) is 2.13. The van der Waals surface area contributed by atoms with Crippen molar-refractivity contribution in [3.8, 4) is 0 Å². The summed E-state index contributed by atoms with van der Waals surface area (Å²) in [6, 6.07) is 4.97. The average molecular weight is 317 g/mol. The van der Waals surface area contributed by atoms with Gasteiger partial charge in [-0.05, 0) is 32.0 Å². The van der Waals surface area contributed by atoms with Crippen LogP contribution in [0.5, 0.6) is 0 Å². The Morgan fingerprint density at radius 2 is 1.95 bits per heavy atom. The maximum Gasteiger partial charge on any atom is 0.223 e. The highest BCUT2D eigenvalue weighted by atomic mass is 35.5. The van der Waals surface area contributed by atoms with Crippen molar-refractivity contribution in [2.75, 3.05) is 11.4 Å². The summed E-state index contributed by atoms with van der Waals surface area (Å²) in [7, 11) is 0. The summed E-state index contributed by atoms with van der Waals surface area (Å²) < 4.78 is 0. The molecule has 0 unspecified atom stereocenters. The van der Waals surface area contributed by atoms with E-state index >= 15 is 0 Å². The largest absolute Gasteiger partial charge is 0.354 e. The van der Waals surface area contributed by atoms with Crippen LogP contribution < -0.4 is 10.2 Å². The lowest BCUT2D eigenvalue weighted by atomic mass is 10.2. The Balaban J connectivity index is 2.82. The van der Waals surface area contributed by atoms with Crippen LogP contribution in [0.4, 0.5) is 5.69 Å². The molecule has 4 nitrogen and oxygen atoms in total. The molecule has 0 fully saturated rings. The number of anilines is 1. The second-order valence-electron chi connectivity index (χ2n) is 4.74. The molecule has 1 aromatic carbocycles. The summed E-state index contributed by atoms with van der Waals surface area (Å²) in [6.07, 6.45) is 0.209. The quantitative estimate of drug-likeness (QED) is 0.906. The second kappa shape index (κ2) is 7.50. The predicted octanol–water partition coefficient (Wildman–Crippen LogP) is 3.26. The first-order valence-corrected chi connectivity index (χ1v) is 7.09. The molecule has 0 aliphatic heterocycles. The average Bonchev–Trinajstić information content (AvgIpc) is 2.32. The van der Waals surface area contributed by atoms with Gasteiger partial charge in [0.25, 0.3) is 0 Å². The van der Waals surface area contributed by atoms with E-state index in [0.717, 1.165) is 0 Å². The highest BCUT2D eigenvalue weighted by molar-refractivity contribution is 6.35. The highest BCUT2D eigenvalue weighted by Crippen LogP contribution is 2.29. The molecule has 1 rings (SSSR count). The van der Waals surface area contributed by atoms with Crippen LogP contribution in [0.2, 0.25) is 10.0 Å². The molecule has 1 aromatic rings. The fourth-order valence-electron chi connectivity index (χ4n) is 1.75. The molecule has 0 radical (unpaired) electrons. The first-order chi connectivity index (χ1) is 9.31. The van der Waals surface area contributed by atoms with Crippen molar-refractivity contribution in [2.24, 2.45) is 0 Å². The Morgan fingerprint density at radius 3 is 2.50 bits per heavy atom. The van der Waals surface area contributed by atoms with Crippen LogP contribution in [0, 0.1) is 0 Å². The summed E-state index contributed by atoms with van der Waals surface area (Å²) >= 11 is 12.0. The van der Waals surface area contributed by atoms with Crippen LogP contribution in [-0.4, -0.2) is 24.4 Å². The van der Waals surface area contributed by atoms with Crippen molar-refractivity contribution in [2.45, 2.75) is 33.2 Å². The SMILES string of the molecule is CC(=O)N(CCC(=O)NC(C)C)c1cc(Cl)ccc1Cl. The molecule has 1 N–H and O–H groups in total. The van der Waals surface area contributed by atoms with Crippen molar-refractivity contribution in [1.29, 1.82) is 0 Å². The standard InChI is InChI=1S/C14H18Cl2N2O2/c1-9(2)17-14(20)6-7-18(10(3)19)13-8-11(15)4-5-12(13)16/h4-5,8-9H,6-7H2,1-3H3,(H,17,20). The van der Waals surface area contributed by atoms with Crippen LogP contribution in [0.1, 0.15) is 27.2 Å². The van der Waals surface area contributed by atoms with Gasteiger partial charge in [0.05, 0.1) is 10.7 Å². The van der Waals surface area contributed by atoms with E-state index in [4.69, 9.17) is 23.2 Å². The first-order valence-electron chi connectivity index (χ1n) is 6.33. The van der Waals surface area contributed by atoms with Gasteiger partial charge < -0.3 is 10.2 Å². The zero-order valence-electron chi connectivity index (χ0n) is 11.7. The molecule has 0 heterocycles. The van der Waals surface area contributed by atoms with Gasteiger partial charge in [0, 0.05) is 31.0 Å². The van der Waals surface area contributed by atoms with E-state index in [0.29, 0.717) is 15.7 Å². The van der Waals surface area contributed by atoms with E-state index in [2.05, 4.69) is 5.32 Å². The van der Waals surface area contributed by atoms with Crippen molar-refractivity contribution < 1.29 is 9.59 Å². The van der Waals surface area contributed by atoms with Crippen LogP contribution in [-0.2, 0) is 9.59 Å². The Kier molecular flexibility index (Phi) is 6.30. The summed E-state index contributed by atoms with van der Waals surface area (Å²) in [5.41, 5.74) is 0.518. The van der Waals surface area contributed by atoms with Crippen molar-refractivity contribution >= 4 is 40.7 Å². The number of benzene rings is 1. The topological polar surface area (TPSA) is 49.4 Å². The summed E-state index contributed by atoms with van der Waals surface area (Å²) in [6.45, 7) is 5.45. The molecule has 0 aliphatic rings. The van der Waals surface area contributed by atoms with E-state index in [1.807, 2.05) is 13.8 Å². The normalized spacial score (nSPS) is 10.5. The highest BCUT2D eigenvalue weighted by Gasteiger charge is 2.16. The predicted molar refractivity (Wildman–Crippen MR) is 82.4 cm³/mol. The van der Waals surface area contributed by atoms with E-state index in [-0.39, 0.29) is 30.8 Å². The number of carbonyl (C=O) groups is 2. The number of nitrogens with zero attached hydrogens (tertiary/aromatic N) is 1. The lowest BCUT2D eigenvalue weighted by molar-refractivity contribution is -0.121. The first kappa shape index (κ1) is 16.8. The van der Waals surface area contributed by atoms with Gasteiger partial charge in [-0.2, -0.15) is 0 Å². The van der Waals surface area contributed by atoms with Gasteiger partial charge >= 0.3 is 0 Å². The molecular weight excluding hydrogens is 299 g/mol. The van der Waals surface area contributed by atoms with Crippen molar-refractivity contribution in [1.82, 2.24) is 5.32 Å². The smallest absolute Gasteiger partial charge is 0.223 e. The molecule has 0 saturated heterocycles. The van der Waals surface area contributed by atoms with Gasteiger partial charge in [-0.3, -0.25) is 9.59 Å². The molecule has 6 heteroatoms. The number of rotatable bonds is 5. The number of hydrogen-bond donors (Lipinski definition) is 1. The minimum atomic E-state index is -0.188. The second-order valence-corrected chi connectivity index (χ2v) is 5.58. The molecule has 0 saturated carbocycles. The van der Waals surface area contributed by atoms with Gasteiger partial charge in [0.15, 0.2) is 0 Å². The lowest BCUT2D eigenvalue weighted by Gasteiger charge is -2.22. The third-order valence-electron chi connectivity index (χ3n) is 2.59. The number of carbonyl (C=O) groups excluding carboxylic acids is 2. The summed E-state index contributed by atoms with van der Waals surface area (Å²) in [5.74, 6) is -0.295. The third-order valence-corrected chi connectivity index (χ3v) is 3.15. The number of halogens is 2. The van der Waals surface area contributed by atoms with E-state index in [1.54, 1.807) is 18.2 Å². The molecule has 20 heavy (non-hydrogen) atoms. The van der Waals surface area contributed by atoms with Gasteiger partial charge in [-0.25, -0.2) is 0 Å². The molecule has 110 valence electrons. The molecule has 0 aliphatic carbocycles. The molecular formula is C14H18Cl2N2O2. The Labute approximate surface area is 129 Å².